The third kappa shape index (κ3) is 2.13. The Labute approximate surface area is 84.3 Å². The summed E-state index contributed by atoms with van der Waals surface area (Å²) in [5.41, 5.74) is 1.26. The molecule has 0 unspecified atom stereocenters. The van der Waals surface area contributed by atoms with E-state index in [1.807, 2.05) is 6.07 Å². The standard InChI is InChI=1S/C12H16FN/c1-12(6-3-7-14-12)9-10-4-2-5-11(13)8-10/h2,4-5,8,14H,3,6-7,9H2,1H3/t12-/m1/s1. The first-order chi connectivity index (χ1) is 6.68. The van der Waals surface area contributed by atoms with Crippen LogP contribution in [0.4, 0.5) is 4.39 Å². The average molecular weight is 193 g/mol. The first-order valence-corrected chi connectivity index (χ1v) is 5.17. The molecule has 0 saturated carbocycles. The summed E-state index contributed by atoms with van der Waals surface area (Å²) < 4.78 is 12.9. The van der Waals surface area contributed by atoms with Crippen molar-refractivity contribution >= 4 is 0 Å². The highest BCUT2D eigenvalue weighted by molar-refractivity contribution is 5.19. The van der Waals surface area contributed by atoms with E-state index < -0.39 is 0 Å². The van der Waals surface area contributed by atoms with Gasteiger partial charge < -0.3 is 5.32 Å². The Morgan fingerprint density at radius 1 is 1.50 bits per heavy atom. The van der Waals surface area contributed by atoms with Crippen molar-refractivity contribution in [3.63, 3.8) is 0 Å². The molecule has 1 N–H and O–H groups in total. The van der Waals surface area contributed by atoms with E-state index in [0.29, 0.717) is 0 Å². The molecule has 0 amide bonds. The lowest BCUT2D eigenvalue weighted by Crippen LogP contribution is -2.38. The molecule has 1 aliphatic heterocycles. The number of benzene rings is 1. The third-order valence-electron chi connectivity index (χ3n) is 2.94. The third-order valence-corrected chi connectivity index (χ3v) is 2.94. The minimum atomic E-state index is -0.135. The van der Waals surface area contributed by atoms with Gasteiger partial charge in [0.1, 0.15) is 5.82 Å². The Bertz CT molecular complexity index is 316. The van der Waals surface area contributed by atoms with E-state index in [1.54, 1.807) is 12.1 Å². The fourth-order valence-corrected chi connectivity index (χ4v) is 2.21. The van der Waals surface area contributed by atoms with Gasteiger partial charge >= 0.3 is 0 Å². The van der Waals surface area contributed by atoms with E-state index in [4.69, 9.17) is 0 Å². The molecule has 0 aliphatic carbocycles. The summed E-state index contributed by atoms with van der Waals surface area (Å²) in [6, 6.07) is 6.90. The number of rotatable bonds is 2. The molecule has 76 valence electrons. The molecule has 2 heteroatoms. The summed E-state index contributed by atoms with van der Waals surface area (Å²) in [7, 11) is 0. The number of halogens is 1. The van der Waals surface area contributed by atoms with Gasteiger partial charge in [0.05, 0.1) is 0 Å². The highest BCUT2D eigenvalue weighted by Gasteiger charge is 2.27. The van der Waals surface area contributed by atoms with Crippen LogP contribution in [0, 0.1) is 5.82 Å². The van der Waals surface area contributed by atoms with Crippen molar-refractivity contribution in [2.24, 2.45) is 0 Å². The molecule has 0 bridgehead atoms. The Kier molecular flexibility index (Phi) is 2.55. The van der Waals surface area contributed by atoms with Gasteiger partial charge in [0.15, 0.2) is 0 Å². The zero-order valence-corrected chi connectivity index (χ0v) is 8.52. The Balaban J connectivity index is 2.10. The molecule has 1 saturated heterocycles. The van der Waals surface area contributed by atoms with Crippen LogP contribution < -0.4 is 5.32 Å². The second-order valence-corrected chi connectivity index (χ2v) is 4.40. The first-order valence-electron chi connectivity index (χ1n) is 5.17. The van der Waals surface area contributed by atoms with Crippen LogP contribution in [0.2, 0.25) is 0 Å². The number of hydrogen-bond donors (Lipinski definition) is 1. The summed E-state index contributed by atoms with van der Waals surface area (Å²) in [4.78, 5) is 0. The summed E-state index contributed by atoms with van der Waals surface area (Å²) in [6.07, 6.45) is 3.33. The van der Waals surface area contributed by atoms with Gasteiger partial charge in [-0.1, -0.05) is 12.1 Å². The van der Waals surface area contributed by atoms with Crippen LogP contribution in [-0.2, 0) is 6.42 Å². The van der Waals surface area contributed by atoms with Gasteiger partial charge in [-0.25, -0.2) is 4.39 Å². The fourth-order valence-electron chi connectivity index (χ4n) is 2.21. The average Bonchev–Trinajstić information content (AvgIpc) is 2.51. The van der Waals surface area contributed by atoms with Gasteiger partial charge in [-0.2, -0.15) is 0 Å². The topological polar surface area (TPSA) is 12.0 Å². The van der Waals surface area contributed by atoms with Gasteiger partial charge in [-0.3, -0.25) is 0 Å². The highest BCUT2D eigenvalue weighted by Crippen LogP contribution is 2.23. The monoisotopic (exact) mass is 193 g/mol. The van der Waals surface area contributed by atoms with Crippen molar-refractivity contribution < 1.29 is 4.39 Å². The summed E-state index contributed by atoms with van der Waals surface area (Å²) >= 11 is 0. The molecule has 1 aromatic carbocycles. The Hall–Kier alpha value is -0.890. The van der Waals surface area contributed by atoms with Crippen molar-refractivity contribution in [1.29, 1.82) is 0 Å². The highest BCUT2D eigenvalue weighted by atomic mass is 19.1. The van der Waals surface area contributed by atoms with Gasteiger partial charge in [0.2, 0.25) is 0 Å². The second kappa shape index (κ2) is 3.70. The van der Waals surface area contributed by atoms with Crippen LogP contribution in [0.3, 0.4) is 0 Å². The zero-order valence-electron chi connectivity index (χ0n) is 8.52. The van der Waals surface area contributed by atoms with Crippen molar-refractivity contribution in [3.8, 4) is 0 Å². The predicted octanol–water partition coefficient (Wildman–Crippen LogP) is 2.51. The van der Waals surface area contributed by atoms with E-state index in [0.717, 1.165) is 18.5 Å². The van der Waals surface area contributed by atoms with Crippen molar-refractivity contribution in [2.45, 2.75) is 31.7 Å². The van der Waals surface area contributed by atoms with E-state index in [9.17, 15) is 4.39 Å². The molecule has 0 spiro atoms. The normalized spacial score (nSPS) is 26.7. The van der Waals surface area contributed by atoms with Crippen LogP contribution in [0.25, 0.3) is 0 Å². The van der Waals surface area contributed by atoms with E-state index >= 15 is 0 Å². The summed E-state index contributed by atoms with van der Waals surface area (Å²) in [6.45, 7) is 3.30. The maximum Gasteiger partial charge on any atom is 0.123 e. The lowest BCUT2D eigenvalue weighted by Gasteiger charge is -2.24. The van der Waals surface area contributed by atoms with Crippen molar-refractivity contribution in [2.75, 3.05) is 6.54 Å². The molecule has 14 heavy (non-hydrogen) atoms. The summed E-state index contributed by atoms with van der Waals surface area (Å²) in [5.74, 6) is -0.135. The molecule has 0 aromatic heterocycles. The lowest BCUT2D eigenvalue weighted by molar-refractivity contribution is 0.412. The molecule has 1 aliphatic rings. The molecule has 1 atom stereocenters. The molecule has 1 nitrogen and oxygen atoms in total. The predicted molar refractivity (Wildman–Crippen MR) is 55.7 cm³/mol. The van der Waals surface area contributed by atoms with E-state index in [1.165, 1.54) is 18.9 Å². The first kappa shape index (κ1) is 9.66. The number of hydrogen-bond acceptors (Lipinski definition) is 1. The van der Waals surface area contributed by atoms with Crippen LogP contribution in [-0.4, -0.2) is 12.1 Å². The van der Waals surface area contributed by atoms with Crippen LogP contribution in [0.15, 0.2) is 24.3 Å². The fraction of sp³-hybridized carbons (Fsp3) is 0.500. The zero-order chi connectivity index (χ0) is 10.0. The molecule has 0 radical (unpaired) electrons. The maximum absolute atomic E-state index is 12.9. The molecular formula is C12H16FN. The Morgan fingerprint density at radius 2 is 2.36 bits per heavy atom. The second-order valence-electron chi connectivity index (χ2n) is 4.40. The van der Waals surface area contributed by atoms with E-state index in [-0.39, 0.29) is 11.4 Å². The quantitative estimate of drug-likeness (QED) is 0.761. The number of nitrogens with one attached hydrogen (secondary N) is 1. The van der Waals surface area contributed by atoms with Crippen LogP contribution in [0.5, 0.6) is 0 Å². The minimum absolute atomic E-state index is 0.135. The van der Waals surface area contributed by atoms with Crippen LogP contribution in [0.1, 0.15) is 25.3 Å². The van der Waals surface area contributed by atoms with Gasteiger partial charge in [0.25, 0.3) is 0 Å². The van der Waals surface area contributed by atoms with E-state index in [2.05, 4.69) is 12.2 Å². The van der Waals surface area contributed by atoms with Gasteiger partial charge in [-0.05, 0) is 50.4 Å². The maximum atomic E-state index is 12.9. The van der Waals surface area contributed by atoms with Crippen molar-refractivity contribution in [3.05, 3.63) is 35.6 Å². The minimum Gasteiger partial charge on any atom is -0.311 e. The lowest BCUT2D eigenvalue weighted by atomic mass is 9.91. The molecule has 1 aromatic rings. The molecule has 1 fully saturated rings. The molecular weight excluding hydrogens is 177 g/mol. The van der Waals surface area contributed by atoms with Crippen molar-refractivity contribution in [1.82, 2.24) is 5.32 Å². The smallest absolute Gasteiger partial charge is 0.123 e. The molecule has 1 heterocycles. The SMILES string of the molecule is C[C@]1(Cc2cccc(F)c2)CCCN1. The molecule has 2 rings (SSSR count). The largest absolute Gasteiger partial charge is 0.311 e. The van der Waals surface area contributed by atoms with Gasteiger partial charge in [0, 0.05) is 5.54 Å². The van der Waals surface area contributed by atoms with Gasteiger partial charge in [-0.15, -0.1) is 0 Å². The Morgan fingerprint density at radius 3 is 3.00 bits per heavy atom. The van der Waals surface area contributed by atoms with Crippen LogP contribution >= 0.6 is 0 Å². The summed E-state index contributed by atoms with van der Waals surface area (Å²) in [5, 5.41) is 3.48.